The van der Waals surface area contributed by atoms with Crippen molar-refractivity contribution in [3.63, 3.8) is 0 Å². The molecule has 0 spiro atoms. The highest BCUT2D eigenvalue weighted by Crippen LogP contribution is 2.11. The molecule has 3 heteroatoms. The van der Waals surface area contributed by atoms with Crippen molar-refractivity contribution in [3.8, 4) is 5.75 Å². The average Bonchev–Trinajstić information content (AvgIpc) is 2.52. The average molecular weight is 276 g/mol. The summed E-state index contributed by atoms with van der Waals surface area (Å²) in [6.45, 7) is 4.30. The Kier molecular flexibility index (Phi) is 6.89. The topological polar surface area (TPSA) is 24.5 Å². The van der Waals surface area contributed by atoms with Crippen molar-refractivity contribution in [2.45, 2.75) is 38.1 Å². The fourth-order valence-corrected chi connectivity index (χ4v) is 2.70. The van der Waals surface area contributed by atoms with Crippen LogP contribution in [0.1, 0.15) is 32.1 Å². The van der Waals surface area contributed by atoms with E-state index >= 15 is 0 Å². The monoisotopic (exact) mass is 276 g/mol. The van der Waals surface area contributed by atoms with E-state index in [4.69, 9.17) is 4.74 Å². The van der Waals surface area contributed by atoms with E-state index in [1.54, 1.807) is 0 Å². The minimum Gasteiger partial charge on any atom is -0.494 e. The normalized spacial score (nSPS) is 19.2. The van der Waals surface area contributed by atoms with Gasteiger partial charge >= 0.3 is 0 Å². The molecule has 0 aromatic heterocycles. The molecule has 20 heavy (non-hydrogen) atoms. The Labute approximate surface area is 123 Å². The number of hydrogen-bond donors (Lipinski definition) is 1. The Morgan fingerprint density at radius 2 is 2.05 bits per heavy atom. The van der Waals surface area contributed by atoms with E-state index < -0.39 is 0 Å². The molecule has 1 fully saturated rings. The summed E-state index contributed by atoms with van der Waals surface area (Å²) in [6.07, 6.45) is 6.46. The lowest BCUT2D eigenvalue weighted by Crippen LogP contribution is -2.37. The first kappa shape index (κ1) is 15.3. The van der Waals surface area contributed by atoms with Gasteiger partial charge in [-0.1, -0.05) is 24.6 Å². The molecule has 0 radical (unpaired) electrons. The van der Waals surface area contributed by atoms with E-state index in [0.29, 0.717) is 0 Å². The Balaban J connectivity index is 1.50. The zero-order valence-corrected chi connectivity index (χ0v) is 12.7. The van der Waals surface area contributed by atoms with Crippen LogP contribution in [0.5, 0.6) is 5.75 Å². The van der Waals surface area contributed by atoms with Crippen molar-refractivity contribution in [3.05, 3.63) is 30.3 Å². The predicted molar refractivity (Wildman–Crippen MR) is 84.3 cm³/mol. The summed E-state index contributed by atoms with van der Waals surface area (Å²) in [6, 6.07) is 10.8. The second-order valence-electron chi connectivity index (χ2n) is 5.75. The van der Waals surface area contributed by atoms with E-state index in [1.807, 2.05) is 30.3 Å². The van der Waals surface area contributed by atoms with Crippen LogP contribution in [0.2, 0.25) is 0 Å². The number of piperidine rings is 1. The first-order valence-corrected chi connectivity index (χ1v) is 7.94. The first-order chi connectivity index (χ1) is 9.84. The summed E-state index contributed by atoms with van der Waals surface area (Å²) in [4.78, 5) is 2.42. The molecule has 1 heterocycles. The van der Waals surface area contributed by atoms with Crippen LogP contribution < -0.4 is 10.1 Å². The van der Waals surface area contributed by atoms with Gasteiger partial charge < -0.3 is 15.0 Å². The minimum absolute atomic E-state index is 0.742. The van der Waals surface area contributed by atoms with Gasteiger partial charge in [-0.2, -0.15) is 0 Å². The van der Waals surface area contributed by atoms with Crippen LogP contribution in [0.25, 0.3) is 0 Å². The van der Waals surface area contributed by atoms with Gasteiger partial charge in [-0.3, -0.25) is 0 Å². The van der Waals surface area contributed by atoms with Crippen molar-refractivity contribution < 1.29 is 4.74 Å². The summed E-state index contributed by atoms with van der Waals surface area (Å²) < 4.78 is 5.71. The highest BCUT2D eigenvalue weighted by atomic mass is 16.5. The number of hydrogen-bond acceptors (Lipinski definition) is 3. The molecule has 1 unspecified atom stereocenters. The molecule has 0 aliphatic carbocycles. The Morgan fingerprint density at radius 3 is 2.80 bits per heavy atom. The SMILES string of the molecule is CN(CCCOc1ccccc1)CCC1CCCCN1. The van der Waals surface area contributed by atoms with Crippen molar-refractivity contribution in [1.29, 1.82) is 0 Å². The third-order valence-electron chi connectivity index (χ3n) is 3.97. The van der Waals surface area contributed by atoms with Crippen molar-refractivity contribution >= 4 is 0 Å². The summed E-state index contributed by atoms with van der Waals surface area (Å²) in [5.41, 5.74) is 0. The van der Waals surface area contributed by atoms with Crippen LogP contribution in [0, 0.1) is 0 Å². The molecule has 1 aliphatic rings. The standard InChI is InChI=1S/C17H28N2O/c1-19(14-11-16-8-5-6-12-18-16)13-7-15-20-17-9-3-2-4-10-17/h2-4,9-10,16,18H,5-8,11-15H2,1H3. The molecule has 0 amide bonds. The van der Waals surface area contributed by atoms with Gasteiger partial charge in [0, 0.05) is 12.6 Å². The number of nitrogens with one attached hydrogen (secondary N) is 1. The molecule has 0 saturated carbocycles. The number of para-hydroxylation sites is 1. The van der Waals surface area contributed by atoms with Gasteiger partial charge in [-0.15, -0.1) is 0 Å². The van der Waals surface area contributed by atoms with E-state index in [2.05, 4.69) is 17.3 Å². The third kappa shape index (κ3) is 5.93. The smallest absolute Gasteiger partial charge is 0.119 e. The fraction of sp³-hybridized carbons (Fsp3) is 0.647. The maximum atomic E-state index is 5.71. The van der Waals surface area contributed by atoms with Crippen LogP contribution in [0.4, 0.5) is 0 Å². The molecule has 1 aromatic carbocycles. The molecule has 1 saturated heterocycles. The largest absolute Gasteiger partial charge is 0.494 e. The Bertz CT molecular complexity index is 349. The van der Waals surface area contributed by atoms with Crippen molar-refractivity contribution in [1.82, 2.24) is 10.2 Å². The van der Waals surface area contributed by atoms with Crippen LogP contribution in [-0.2, 0) is 0 Å². The summed E-state index contributed by atoms with van der Waals surface area (Å²) in [7, 11) is 2.21. The maximum Gasteiger partial charge on any atom is 0.119 e. The lowest BCUT2D eigenvalue weighted by molar-refractivity contribution is 0.248. The zero-order chi connectivity index (χ0) is 14.0. The van der Waals surface area contributed by atoms with Gasteiger partial charge in [0.2, 0.25) is 0 Å². The maximum absolute atomic E-state index is 5.71. The lowest BCUT2D eigenvalue weighted by Gasteiger charge is -2.25. The molecule has 1 atom stereocenters. The van der Waals surface area contributed by atoms with Gasteiger partial charge in [-0.25, -0.2) is 0 Å². The van der Waals surface area contributed by atoms with Crippen LogP contribution in [0.3, 0.4) is 0 Å². The van der Waals surface area contributed by atoms with E-state index in [0.717, 1.165) is 31.4 Å². The number of benzene rings is 1. The highest BCUT2D eigenvalue weighted by Gasteiger charge is 2.12. The predicted octanol–water partition coefficient (Wildman–Crippen LogP) is 2.92. The molecule has 112 valence electrons. The summed E-state index contributed by atoms with van der Waals surface area (Å²) in [5, 5.41) is 3.61. The number of nitrogens with zero attached hydrogens (tertiary/aromatic N) is 1. The van der Waals surface area contributed by atoms with Crippen LogP contribution in [-0.4, -0.2) is 44.2 Å². The molecule has 2 rings (SSSR count). The molecule has 1 aliphatic heterocycles. The van der Waals surface area contributed by atoms with Crippen LogP contribution >= 0.6 is 0 Å². The molecule has 1 aromatic rings. The van der Waals surface area contributed by atoms with Crippen molar-refractivity contribution in [2.24, 2.45) is 0 Å². The second-order valence-corrected chi connectivity index (χ2v) is 5.75. The highest BCUT2D eigenvalue weighted by molar-refractivity contribution is 5.20. The minimum atomic E-state index is 0.742. The summed E-state index contributed by atoms with van der Waals surface area (Å²) >= 11 is 0. The first-order valence-electron chi connectivity index (χ1n) is 7.94. The zero-order valence-electron chi connectivity index (χ0n) is 12.7. The second kappa shape index (κ2) is 8.98. The molecular weight excluding hydrogens is 248 g/mol. The third-order valence-corrected chi connectivity index (χ3v) is 3.97. The number of rotatable bonds is 8. The van der Waals surface area contributed by atoms with Gasteiger partial charge in [0.15, 0.2) is 0 Å². The number of ether oxygens (including phenoxy) is 1. The van der Waals surface area contributed by atoms with Crippen molar-refractivity contribution in [2.75, 3.05) is 33.3 Å². The fourth-order valence-electron chi connectivity index (χ4n) is 2.70. The molecule has 3 nitrogen and oxygen atoms in total. The Morgan fingerprint density at radius 1 is 1.20 bits per heavy atom. The summed E-state index contributed by atoms with van der Waals surface area (Å²) in [5.74, 6) is 0.974. The molecule has 1 N–H and O–H groups in total. The molecule has 0 bridgehead atoms. The Hall–Kier alpha value is -1.06. The quantitative estimate of drug-likeness (QED) is 0.739. The van der Waals surface area contributed by atoms with E-state index in [-0.39, 0.29) is 0 Å². The van der Waals surface area contributed by atoms with Gasteiger partial charge in [0.05, 0.1) is 6.61 Å². The van der Waals surface area contributed by atoms with E-state index in [9.17, 15) is 0 Å². The molecular formula is C17H28N2O. The van der Waals surface area contributed by atoms with Gasteiger partial charge in [0.25, 0.3) is 0 Å². The lowest BCUT2D eigenvalue weighted by atomic mass is 10.0. The van der Waals surface area contributed by atoms with Crippen LogP contribution in [0.15, 0.2) is 30.3 Å². The van der Waals surface area contributed by atoms with E-state index in [1.165, 1.54) is 38.8 Å². The van der Waals surface area contributed by atoms with Gasteiger partial charge in [-0.05, 0) is 58.0 Å². The van der Waals surface area contributed by atoms with Gasteiger partial charge in [0.1, 0.15) is 5.75 Å².